The van der Waals surface area contributed by atoms with Crippen molar-refractivity contribution in [2.24, 2.45) is 0 Å². The first-order chi connectivity index (χ1) is 9.26. The topological polar surface area (TPSA) is 59.7 Å². The molecule has 0 aliphatic heterocycles. The monoisotopic (exact) mass is 255 g/mol. The van der Waals surface area contributed by atoms with E-state index in [0.29, 0.717) is 18.1 Å². The minimum atomic E-state index is 0.249. The Labute approximate surface area is 110 Å². The molecular weight excluding hydrogens is 242 g/mol. The molecule has 0 aliphatic rings. The third-order valence-corrected chi connectivity index (χ3v) is 2.85. The van der Waals surface area contributed by atoms with Crippen molar-refractivity contribution in [2.45, 2.75) is 6.42 Å². The second kappa shape index (κ2) is 4.61. The largest absolute Gasteiger partial charge is 0.508 e. The van der Waals surface area contributed by atoms with Crippen LogP contribution in [-0.2, 0) is 6.42 Å². The van der Waals surface area contributed by atoms with E-state index < -0.39 is 0 Å². The number of methoxy groups -OCH3 is 1. The number of hydrogen-bond donors (Lipinski definition) is 1. The average molecular weight is 255 g/mol. The van der Waals surface area contributed by atoms with Gasteiger partial charge in [-0.2, -0.15) is 4.52 Å². The summed E-state index contributed by atoms with van der Waals surface area (Å²) in [5, 5.41) is 13.9. The van der Waals surface area contributed by atoms with Gasteiger partial charge in [-0.25, -0.2) is 4.98 Å². The number of fused-ring (bicyclic) bond motifs is 1. The van der Waals surface area contributed by atoms with E-state index >= 15 is 0 Å². The number of benzene rings is 1. The molecule has 0 unspecified atom stereocenters. The van der Waals surface area contributed by atoms with Gasteiger partial charge in [-0.15, -0.1) is 5.10 Å². The molecule has 0 spiro atoms. The molecule has 0 saturated heterocycles. The van der Waals surface area contributed by atoms with Crippen LogP contribution in [0.25, 0.3) is 5.65 Å². The Morgan fingerprint density at radius 2 is 2.05 bits per heavy atom. The third-order valence-electron chi connectivity index (χ3n) is 2.85. The highest BCUT2D eigenvalue weighted by Gasteiger charge is 2.08. The molecular formula is C14H13N3O2. The number of phenols is 1. The number of rotatable bonds is 3. The van der Waals surface area contributed by atoms with E-state index in [9.17, 15) is 5.11 Å². The fourth-order valence-corrected chi connectivity index (χ4v) is 2.00. The van der Waals surface area contributed by atoms with Gasteiger partial charge in [0.1, 0.15) is 5.75 Å². The third kappa shape index (κ3) is 2.22. The van der Waals surface area contributed by atoms with E-state index in [1.807, 2.05) is 24.3 Å². The zero-order valence-electron chi connectivity index (χ0n) is 10.4. The van der Waals surface area contributed by atoms with E-state index in [0.717, 1.165) is 11.2 Å². The average Bonchev–Trinajstić information content (AvgIpc) is 2.80. The Kier molecular flexibility index (Phi) is 2.79. The summed E-state index contributed by atoms with van der Waals surface area (Å²) in [7, 11) is 1.60. The maximum Gasteiger partial charge on any atom is 0.216 e. The van der Waals surface area contributed by atoms with Crippen molar-refractivity contribution in [2.75, 3.05) is 7.11 Å². The van der Waals surface area contributed by atoms with Crippen molar-refractivity contribution in [1.82, 2.24) is 14.6 Å². The molecule has 5 nitrogen and oxygen atoms in total. The summed E-state index contributed by atoms with van der Waals surface area (Å²) in [5.74, 6) is 1.58. The van der Waals surface area contributed by atoms with Crippen LogP contribution in [0.2, 0.25) is 0 Å². The van der Waals surface area contributed by atoms with Crippen molar-refractivity contribution < 1.29 is 9.84 Å². The lowest BCUT2D eigenvalue weighted by Crippen LogP contribution is -1.96. The molecule has 5 heteroatoms. The number of hydrogen-bond acceptors (Lipinski definition) is 4. The minimum absolute atomic E-state index is 0.249. The number of nitrogens with zero attached hydrogens (tertiary/aromatic N) is 3. The first-order valence-electron chi connectivity index (χ1n) is 5.93. The summed E-state index contributed by atoms with van der Waals surface area (Å²) in [6.45, 7) is 0. The lowest BCUT2D eigenvalue weighted by molar-refractivity contribution is 0.385. The number of aromatic nitrogens is 3. The summed E-state index contributed by atoms with van der Waals surface area (Å²) >= 11 is 0. The molecule has 3 rings (SSSR count). The van der Waals surface area contributed by atoms with Crippen LogP contribution in [0.3, 0.4) is 0 Å². The molecule has 0 amide bonds. The highest BCUT2D eigenvalue weighted by atomic mass is 16.5. The van der Waals surface area contributed by atoms with Crippen LogP contribution >= 0.6 is 0 Å². The second-order valence-electron chi connectivity index (χ2n) is 4.21. The first-order valence-corrected chi connectivity index (χ1v) is 5.93. The molecule has 0 fully saturated rings. The van der Waals surface area contributed by atoms with Crippen LogP contribution in [0.4, 0.5) is 0 Å². The van der Waals surface area contributed by atoms with Gasteiger partial charge in [0.15, 0.2) is 11.5 Å². The molecule has 19 heavy (non-hydrogen) atoms. The molecule has 3 aromatic rings. The van der Waals surface area contributed by atoms with E-state index in [1.165, 1.54) is 0 Å². The number of ether oxygens (including phenoxy) is 1. The minimum Gasteiger partial charge on any atom is -0.508 e. The Bertz CT molecular complexity index is 722. The lowest BCUT2D eigenvalue weighted by atomic mass is 10.1. The summed E-state index contributed by atoms with van der Waals surface area (Å²) < 4.78 is 6.90. The van der Waals surface area contributed by atoms with Crippen LogP contribution in [-0.4, -0.2) is 26.8 Å². The van der Waals surface area contributed by atoms with Crippen LogP contribution < -0.4 is 4.74 Å². The molecule has 96 valence electrons. The molecule has 0 saturated carbocycles. The summed E-state index contributed by atoms with van der Waals surface area (Å²) in [6.07, 6.45) is 0.569. The second-order valence-corrected chi connectivity index (χ2v) is 4.21. The van der Waals surface area contributed by atoms with Crippen molar-refractivity contribution in [3.63, 3.8) is 0 Å². The Hall–Kier alpha value is -2.56. The predicted molar refractivity (Wildman–Crippen MR) is 70.5 cm³/mol. The van der Waals surface area contributed by atoms with Gasteiger partial charge in [-0.1, -0.05) is 18.2 Å². The zero-order chi connectivity index (χ0) is 13.2. The van der Waals surface area contributed by atoms with E-state index in [2.05, 4.69) is 10.1 Å². The smallest absolute Gasteiger partial charge is 0.216 e. The molecule has 0 aliphatic carbocycles. The molecule has 0 radical (unpaired) electrons. The van der Waals surface area contributed by atoms with Gasteiger partial charge in [0, 0.05) is 12.5 Å². The fourth-order valence-electron chi connectivity index (χ4n) is 2.00. The van der Waals surface area contributed by atoms with Gasteiger partial charge in [0.25, 0.3) is 0 Å². The first kappa shape index (κ1) is 11.5. The van der Waals surface area contributed by atoms with E-state index in [-0.39, 0.29) is 5.75 Å². The number of phenolic OH excluding ortho intramolecular Hbond substituents is 1. The van der Waals surface area contributed by atoms with Crippen LogP contribution in [0, 0.1) is 0 Å². The molecule has 0 atom stereocenters. The molecule has 2 aromatic heterocycles. The number of aromatic hydroxyl groups is 1. The summed E-state index contributed by atoms with van der Waals surface area (Å²) in [4.78, 5) is 4.44. The molecule has 2 heterocycles. The fraction of sp³-hybridized carbons (Fsp3) is 0.143. The standard InChI is InChI=1S/C14H13N3O2/c1-19-14-7-3-6-13-15-12(16-17(13)14)9-10-4-2-5-11(18)8-10/h2-8,18H,9H2,1H3. The Morgan fingerprint density at radius 1 is 1.21 bits per heavy atom. The highest BCUT2D eigenvalue weighted by molar-refractivity contribution is 5.41. The Balaban J connectivity index is 1.98. The van der Waals surface area contributed by atoms with Gasteiger partial charge >= 0.3 is 0 Å². The van der Waals surface area contributed by atoms with E-state index in [1.54, 1.807) is 29.8 Å². The summed E-state index contributed by atoms with van der Waals surface area (Å²) in [5.41, 5.74) is 1.71. The quantitative estimate of drug-likeness (QED) is 0.778. The molecule has 0 bridgehead atoms. The van der Waals surface area contributed by atoms with Gasteiger partial charge < -0.3 is 9.84 Å². The summed E-state index contributed by atoms with van der Waals surface area (Å²) in [6, 6.07) is 12.7. The SMILES string of the molecule is COc1cccc2nc(Cc3cccc(O)c3)nn12. The van der Waals surface area contributed by atoms with Crippen LogP contribution in [0.15, 0.2) is 42.5 Å². The Morgan fingerprint density at radius 3 is 2.84 bits per heavy atom. The van der Waals surface area contributed by atoms with Gasteiger partial charge in [0.05, 0.1) is 7.11 Å². The van der Waals surface area contributed by atoms with Crippen LogP contribution in [0.5, 0.6) is 11.6 Å². The number of pyridine rings is 1. The van der Waals surface area contributed by atoms with Crippen molar-refractivity contribution >= 4 is 5.65 Å². The molecule has 1 N–H and O–H groups in total. The molecule has 1 aromatic carbocycles. The van der Waals surface area contributed by atoms with Crippen molar-refractivity contribution in [1.29, 1.82) is 0 Å². The zero-order valence-corrected chi connectivity index (χ0v) is 10.4. The van der Waals surface area contributed by atoms with Gasteiger partial charge in [-0.3, -0.25) is 0 Å². The predicted octanol–water partition coefficient (Wildman–Crippen LogP) is 2.03. The highest BCUT2D eigenvalue weighted by Crippen LogP contribution is 2.16. The normalized spacial score (nSPS) is 10.8. The maximum atomic E-state index is 9.45. The van der Waals surface area contributed by atoms with Gasteiger partial charge in [-0.05, 0) is 23.8 Å². The van der Waals surface area contributed by atoms with Gasteiger partial charge in [0.2, 0.25) is 5.88 Å². The van der Waals surface area contributed by atoms with Crippen LogP contribution in [0.1, 0.15) is 11.4 Å². The van der Waals surface area contributed by atoms with E-state index in [4.69, 9.17) is 4.74 Å². The lowest BCUT2D eigenvalue weighted by Gasteiger charge is -2.00. The van der Waals surface area contributed by atoms with Crippen molar-refractivity contribution in [3.05, 3.63) is 53.9 Å². The van der Waals surface area contributed by atoms with Crippen molar-refractivity contribution in [3.8, 4) is 11.6 Å². The maximum absolute atomic E-state index is 9.45.